The zero-order valence-corrected chi connectivity index (χ0v) is 16.6. The Balaban J connectivity index is 1.83. The van der Waals surface area contributed by atoms with Crippen LogP contribution in [0.4, 0.5) is 15.3 Å². The summed E-state index contributed by atoms with van der Waals surface area (Å²) in [5.74, 6) is 0. The first-order valence-electron chi connectivity index (χ1n) is 9.30. The number of benzene rings is 1. The number of hydrogen-bond donors (Lipinski definition) is 2. The van der Waals surface area contributed by atoms with Crippen LogP contribution in [0.25, 0.3) is 0 Å². The number of nitrogens with zero attached hydrogens (tertiary/aromatic N) is 2. The van der Waals surface area contributed by atoms with Crippen LogP contribution in [0.2, 0.25) is 0 Å². The minimum atomic E-state index is -0.571. The predicted molar refractivity (Wildman–Crippen MR) is 109 cm³/mol. The molecule has 0 aliphatic rings. The lowest BCUT2D eigenvalue weighted by atomic mass is 10.2. The summed E-state index contributed by atoms with van der Waals surface area (Å²) in [6, 6.07) is 12.7. The lowest BCUT2D eigenvalue weighted by molar-refractivity contribution is 0.0232. The van der Waals surface area contributed by atoms with E-state index in [1.807, 2.05) is 63.2 Å². The minimum absolute atomic E-state index is 0.276. The Morgan fingerprint density at radius 1 is 1.11 bits per heavy atom. The molecule has 7 nitrogen and oxygen atoms in total. The topological polar surface area (TPSA) is 83.6 Å². The maximum atomic E-state index is 12.5. The van der Waals surface area contributed by atoms with Crippen LogP contribution in [-0.2, 0) is 11.3 Å². The van der Waals surface area contributed by atoms with Crippen molar-refractivity contribution in [3.63, 3.8) is 0 Å². The van der Waals surface area contributed by atoms with Crippen molar-refractivity contribution in [2.24, 2.45) is 0 Å². The summed E-state index contributed by atoms with van der Waals surface area (Å²) in [6.07, 6.45) is 3.63. The molecule has 28 heavy (non-hydrogen) atoms. The van der Waals surface area contributed by atoms with Crippen molar-refractivity contribution < 1.29 is 14.3 Å². The Kier molecular flexibility index (Phi) is 7.80. The Morgan fingerprint density at radius 2 is 1.86 bits per heavy atom. The van der Waals surface area contributed by atoms with Crippen molar-refractivity contribution in [1.29, 1.82) is 0 Å². The molecule has 0 bridgehead atoms. The Labute approximate surface area is 166 Å². The van der Waals surface area contributed by atoms with Gasteiger partial charge in [0.15, 0.2) is 0 Å². The summed E-state index contributed by atoms with van der Waals surface area (Å²) >= 11 is 0. The van der Waals surface area contributed by atoms with E-state index >= 15 is 0 Å². The Hall–Kier alpha value is -3.09. The van der Waals surface area contributed by atoms with Crippen LogP contribution in [-0.4, -0.2) is 40.7 Å². The molecule has 1 aromatic heterocycles. The molecule has 0 saturated carbocycles. The van der Waals surface area contributed by atoms with Gasteiger partial charge < -0.3 is 20.3 Å². The van der Waals surface area contributed by atoms with Gasteiger partial charge in [-0.2, -0.15) is 0 Å². The van der Waals surface area contributed by atoms with Crippen molar-refractivity contribution in [1.82, 2.24) is 15.2 Å². The number of carbonyl (C=O) groups excluding carboxylic acids is 2. The van der Waals surface area contributed by atoms with Gasteiger partial charge in [0.05, 0.1) is 6.54 Å². The number of nitrogens with one attached hydrogen (secondary N) is 2. The fourth-order valence-electron chi connectivity index (χ4n) is 2.44. The SMILES string of the molecule is CC(C)(C)OC(=O)N(CCCNC(=O)Nc1ccccc1)Cc1cccnc1. The molecule has 0 aliphatic heterocycles. The summed E-state index contributed by atoms with van der Waals surface area (Å²) in [5, 5.41) is 5.56. The van der Waals surface area contributed by atoms with E-state index in [2.05, 4.69) is 15.6 Å². The van der Waals surface area contributed by atoms with Crippen molar-refractivity contribution in [2.45, 2.75) is 39.3 Å². The van der Waals surface area contributed by atoms with Gasteiger partial charge >= 0.3 is 12.1 Å². The fraction of sp³-hybridized carbons (Fsp3) is 0.381. The van der Waals surface area contributed by atoms with Crippen LogP contribution in [0.3, 0.4) is 0 Å². The zero-order chi connectivity index (χ0) is 20.4. The van der Waals surface area contributed by atoms with Gasteiger partial charge in [0.2, 0.25) is 0 Å². The molecule has 0 saturated heterocycles. The molecular weight excluding hydrogens is 356 g/mol. The van der Waals surface area contributed by atoms with Gasteiger partial charge in [-0.15, -0.1) is 0 Å². The molecule has 0 spiro atoms. The third-order valence-corrected chi connectivity index (χ3v) is 3.67. The number of amides is 3. The second-order valence-corrected chi connectivity index (χ2v) is 7.36. The molecule has 2 N–H and O–H groups in total. The quantitative estimate of drug-likeness (QED) is 0.706. The Bertz CT molecular complexity index is 745. The van der Waals surface area contributed by atoms with Crippen molar-refractivity contribution in [3.05, 3.63) is 60.4 Å². The van der Waals surface area contributed by atoms with Crippen LogP contribution in [0.15, 0.2) is 54.9 Å². The van der Waals surface area contributed by atoms with Crippen molar-refractivity contribution >= 4 is 17.8 Å². The largest absolute Gasteiger partial charge is 0.444 e. The van der Waals surface area contributed by atoms with Gasteiger partial charge in [-0.05, 0) is 51.0 Å². The molecule has 0 unspecified atom stereocenters. The highest BCUT2D eigenvalue weighted by Crippen LogP contribution is 2.13. The maximum Gasteiger partial charge on any atom is 0.410 e. The summed E-state index contributed by atoms with van der Waals surface area (Å²) in [6.45, 7) is 6.80. The zero-order valence-electron chi connectivity index (χ0n) is 16.6. The molecule has 0 radical (unpaired) electrons. The Morgan fingerprint density at radius 3 is 2.50 bits per heavy atom. The summed E-state index contributed by atoms with van der Waals surface area (Å²) < 4.78 is 5.50. The normalized spacial score (nSPS) is 10.8. The molecule has 150 valence electrons. The third-order valence-electron chi connectivity index (χ3n) is 3.67. The average molecular weight is 384 g/mol. The van der Waals surface area contributed by atoms with E-state index < -0.39 is 5.60 Å². The van der Waals surface area contributed by atoms with E-state index in [4.69, 9.17) is 4.74 Å². The van der Waals surface area contributed by atoms with Gasteiger partial charge in [0, 0.05) is 31.2 Å². The number of hydrogen-bond acceptors (Lipinski definition) is 4. The van der Waals surface area contributed by atoms with E-state index in [0.717, 1.165) is 11.3 Å². The molecule has 0 aliphatic carbocycles. The number of rotatable bonds is 7. The first-order chi connectivity index (χ1) is 13.3. The van der Waals surface area contributed by atoms with Crippen LogP contribution in [0, 0.1) is 0 Å². The molecule has 1 heterocycles. The first kappa shape index (κ1) is 21.2. The van der Waals surface area contributed by atoms with Gasteiger partial charge in [-0.25, -0.2) is 9.59 Å². The summed E-state index contributed by atoms with van der Waals surface area (Å²) in [4.78, 5) is 30.2. The number of ether oxygens (including phenoxy) is 1. The van der Waals surface area contributed by atoms with E-state index in [1.165, 1.54) is 0 Å². The van der Waals surface area contributed by atoms with Crippen molar-refractivity contribution in [3.8, 4) is 0 Å². The summed E-state index contributed by atoms with van der Waals surface area (Å²) in [5.41, 5.74) is 1.08. The molecule has 0 atom stereocenters. The van der Waals surface area contributed by atoms with E-state index in [9.17, 15) is 9.59 Å². The number of urea groups is 1. The van der Waals surface area contributed by atoms with Gasteiger partial charge in [-0.1, -0.05) is 24.3 Å². The number of carbonyl (C=O) groups is 2. The lowest BCUT2D eigenvalue weighted by Gasteiger charge is -2.27. The third kappa shape index (κ3) is 8.07. The van der Waals surface area contributed by atoms with Gasteiger partial charge in [0.25, 0.3) is 0 Å². The first-order valence-corrected chi connectivity index (χ1v) is 9.30. The smallest absolute Gasteiger partial charge is 0.410 e. The number of para-hydroxylation sites is 1. The molecule has 0 fully saturated rings. The van der Waals surface area contributed by atoms with Crippen LogP contribution < -0.4 is 10.6 Å². The predicted octanol–water partition coefficient (Wildman–Crippen LogP) is 4.03. The molecule has 2 rings (SSSR count). The summed E-state index contributed by atoms with van der Waals surface area (Å²) in [7, 11) is 0. The molecular formula is C21H28N4O3. The van der Waals surface area contributed by atoms with Crippen LogP contribution in [0.5, 0.6) is 0 Å². The number of aromatic nitrogens is 1. The highest BCUT2D eigenvalue weighted by molar-refractivity contribution is 5.89. The fourth-order valence-corrected chi connectivity index (χ4v) is 2.44. The standard InChI is InChI=1S/C21H28N4O3/c1-21(2,3)28-20(27)25(16-17-9-7-12-22-15-17)14-8-13-23-19(26)24-18-10-5-4-6-11-18/h4-7,9-12,15H,8,13-14,16H2,1-3H3,(H2,23,24,26). The van der Waals surface area contributed by atoms with Gasteiger partial charge in [-0.3, -0.25) is 4.98 Å². The van der Waals surface area contributed by atoms with Crippen LogP contribution in [0.1, 0.15) is 32.8 Å². The highest BCUT2D eigenvalue weighted by Gasteiger charge is 2.22. The van der Waals surface area contributed by atoms with Crippen molar-refractivity contribution in [2.75, 3.05) is 18.4 Å². The molecule has 1 aromatic carbocycles. The van der Waals surface area contributed by atoms with E-state index in [-0.39, 0.29) is 12.1 Å². The maximum absolute atomic E-state index is 12.5. The van der Waals surface area contributed by atoms with Crippen LogP contribution >= 0.6 is 0 Å². The minimum Gasteiger partial charge on any atom is -0.444 e. The lowest BCUT2D eigenvalue weighted by Crippen LogP contribution is -2.38. The van der Waals surface area contributed by atoms with Gasteiger partial charge in [0.1, 0.15) is 5.60 Å². The highest BCUT2D eigenvalue weighted by atomic mass is 16.6. The molecule has 2 aromatic rings. The van der Waals surface area contributed by atoms with E-state index in [1.54, 1.807) is 17.3 Å². The second kappa shape index (κ2) is 10.3. The number of pyridine rings is 1. The molecule has 3 amide bonds. The molecule has 7 heteroatoms. The second-order valence-electron chi connectivity index (χ2n) is 7.36. The monoisotopic (exact) mass is 384 g/mol. The number of anilines is 1. The average Bonchev–Trinajstić information content (AvgIpc) is 2.64. The van der Waals surface area contributed by atoms with E-state index in [0.29, 0.717) is 26.1 Å².